The van der Waals surface area contributed by atoms with Gasteiger partial charge in [0.05, 0.1) is 19.3 Å². The van der Waals surface area contributed by atoms with E-state index in [1.165, 1.54) is 36.2 Å². The molecule has 1 atom stereocenters. The molecular weight excluding hydrogens is 336 g/mol. The number of benzene rings is 2. The van der Waals surface area contributed by atoms with Crippen LogP contribution in [-0.2, 0) is 11.2 Å². The molecule has 2 heterocycles. The molecule has 0 saturated carbocycles. The molecule has 2 saturated heterocycles. The number of piperidine rings is 1. The predicted molar refractivity (Wildman–Crippen MR) is 111 cm³/mol. The molecule has 0 aliphatic carbocycles. The summed E-state index contributed by atoms with van der Waals surface area (Å²) in [5.74, 6) is 0. The highest BCUT2D eigenvalue weighted by Crippen LogP contribution is 2.25. The van der Waals surface area contributed by atoms with E-state index in [1.54, 1.807) is 0 Å². The second-order valence-corrected chi connectivity index (χ2v) is 7.63. The maximum absolute atomic E-state index is 10.6. The fourth-order valence-electron chi connectivity index (χ4n) is 4.06. The monoisotopic (exact) mass is 366 g/mol. The van der Waals surface area contributed by atoms with Gasteiger partial charge in [-0.1, -0.05) is 24.3 Å². The Morgan fingerprint density at radius 2 is 1.30 bits per heavy atom. The lowest BCUT2D eigenvalue weighted by Crippen LogP contribution is -2.36. The molecule has 0 bridgehead atoms. The normalized spacial score (nSPS) is 19.1. The van der Waals surface area contributed by atoms with Crippen molar-refractivity contribution < 1.29 is 9.84 Å². The molecular formula is C23H30N2O2. The summed E-state index contributed by atoms with van der Waals surface area (Å²) in [5, 5.41) is 10.6. The smallest absolute Gasteiger partial charge is 0.0830 e. The quantitative estimate of drug-likeness (QED) is 0.873. The Morgan fingerprint density at radius 1 is 0.741 bits per heavy atom. The number of hydrogen-bond acceptors (Lipinski definition) is 4. The van der Waals surface area contributed by atoms with Crippen molar-refractivity contribution in [3.05, 3.63) is 59.7 Å². The van der Waals surface area contributed by atoms with Gasteiger partial charge in [-0.3, -0.25) is 0 Å². The van der Waals surface area contributed by atoms with E-state index in [0.29, 0.717) is 6.42 Å². The second kappa shape index (κ2) is 8.77. The Balaban J connectivity index is 1.36. The van der Waals surface area contributed by atoms with Crippen molar-refractivity contribution in [3.8, 4) is 0 Å². The van der Waals surface area contributed by atoms with Crippen LogP contribution in [-0.4, -0.2) is 44.5 Å². The van der Waals surface area contributed by atoms with Crippen LogP contribution in [0.25, 0.3) is 0 Å². The topological polar surface area (TPSA) is 35.9 Å². The van der Waals surface area contributed by atoms with Crippen LogP contribution in [0.4, 0.5) is 11.4 Å². The molecule has 4 nitrogen and oxygen atoms in total. The van der Waals surface area contributed by atoms with E-state index in [-0.39, 0.29) is 0 Å². The summed E-state index contributed by atoms with van der Waals surface area (Å²) in [6.07, 6.45) is 4.12. The number of rotatable bonds is 5. The first-order valence-corrected chi connectivity index (χ1v) is 10.2. The van der Waals surface area contributed by atoms with Crippen LogP contribution in [0, 0.1) is 0 Å². The fourth-order valence-corrected chi connectivity index (χ4v) is 4.06. The Kier molecular flexibility index (Phi) is 5.95. The molecule has 27 heavy (non-hydrogen) atoms. The summed E-state index contributed by atoms with van der Waals surface area (Å²) in [4.78, 5) is 4.80. The minimum Gasteiger partial charge on any atom is -0.388 e. The molecule has 2 aliphatic heterocycles. The van der Waals surface area contributed by atoms with E-state index in [2.05, 4.69) is 58.3 Å². The van der Waals surface area contributed by atoms with Gasteiger partial charge in [-0.05, 0) is 54.7 Å². The Labute approximate surface area is 162 Å². The number of nitrogens with zero attached hydrogens (tertiary/aromatic N) is 2. The molecule has 4 heteroatoms. The lowest BCUT2D eigenvalue weighted by Gasteiger charge is -2.29. The Bertz CT molecular complexity index is 702. The highest BCUT2D eigenvalue weighted by Gasteiger charge is 2.14. The van der Waals surface area contributed by atoms with Crippen molar-refractivity contribution >= 4 is 11.4 Å². The first-order valence-electron chi connectivity index (χ1n) is 10.2. The molecule has 4 rings (SSSR count). The first kappa shape index (κ1) is 18.3. The minimum absolute atomic E-state index is 0.468. The zero-order valence-electron chi connectivity index (χ0n) is 16.0. The fraction of sp³-hybridized carbons (Fsp3) is 0.478. The van der Waals surface area contributed by atoms with Gasteiger partial charge < -0.3 is 19.6 Å². The summed E-state index contributed by atoms with van der Waals surface area (Å²) >= 11 is 0. The molecule has 2 aliphatic rings. The van der Waals surface area contributed by atoms with Crippen molar-refractivity contribution in [1.29, 1.82) is 0 Å². The van der Waals surface area contributed by atoms with Crippen molar-refractivity contribution in [1.82, 2.24) is 0 Å². The third kappa shape index (κ3) is 4.63. The number of ether oxygens (including phenoxy) is 1. The van der Waals surface area contributed by atoms with E-state index in [0.717, 1.165) is 45.0 Å². The summed E-state index contributed by atoms with van der Waals surface area (Å²) < 4.78 is 5.41. The number of anilines is 2. The van der Waals surface area contributed by atoms with Gasteiger partial charge in [0.15, 0.2) is 0 Å². The van der Waals surface area contributed by atoms with Crippen molar-refractivity contribution in [3.63, 3.8) is 0 Å². The van der Waals surface area contributed by atoms with Crippen LogP contribution in [0.15, 0.2) is 48.5 Å². The highest BCUT2D eigenvalue weighted by atomic mass is 16.5. The van der Waals surface area contributed by atoms with Gasteiger partial charge in [-0.25, -0.2) is 0 Å². The zero-order valence-corrected chi connectivity index (χ0v) is 16.0. The standard InChI is InChI=1S/C23H30N2O2/c26-23(20-6-10-22(11-7-20)25-14-16-27-17-15-25)18-19-4-8-21(9-5-19)24-12-2-1-3-13-24/h4-11,23,26H,1-3,12-18H2. The third-order valence-corrected chi connectivity index (χ3v) is 5.74. The summed E-state index contributed by atoms with van der Waals surface area (Å²) in [7, 11) is 0. The zero-order chi connectivity index (χ0) is 18.5. The van der Waals surface area contributed by atoms with E-state index < -0.39 is 6.10 Å². The van der Waals surface area contributed by atoms with Crippen molar-refractivity contribution in [2.75, 3.05) is 49.2 Å². The van der Waals surface area contributed by atoms with Gasteiger partial charge in [0, 0.05) is 44.0 Å². The summed E-state index contributed by atoms with van der Waals surface area (Å²) in [6.45, 7) is 5.78. The van der Waals surface area contributed by atoms with Crippen LogP contribution in [0.5, 0.6) is 0 Å². The molecule has 1 unspecified atom stereocenters. The average molecular weight is 367 g/mol. The van der Waals surface area contributed by atoms with Crippen LogP contribution < -0.4 is 9.80 Å². The van der Waals surface area contributed by atoms with Gasteiger partial charge in [-0.2, -0.15) is 0 Å². The molecule has 2 fully saturated rings. The maximum atomic E-state index is 10.6. The van der Waals surface area contributed by atoms with Gasteiger partial charge in [-0.15, -0.1) is 0 Å². The van der Waals surface area contributed by atoms with Crippen LogP contribution in [0.1, 0.15) is 36.5 Å². The van der Waals surface area contributed by atoms with Crippen molar-refractivity contribution in [2.24, 2.45) is 0 Å². The molecule has 2 aromatic carbocycles. The second-order valence-electron chi connectivity index (χ2n) is 7.63. The van der Waals surface area contributed by atoms with Crippen molar-refractivity contribution in [2.45, 2.75) is 31.8 Å². The summed E-state index contributed by atoms with van der Waals surface area (Å²) in [6, 6.07) is 17.1. The molecule has 0 radical (unpaired) electrons. The maximum Gasteiger partial charge on any atom is 0.0830 e. The largest absolute Gasteiger partial charge is 0.388 e. The first-order chi connectivity index (χ1) is 13.3. The third-order valence-electron chi connectivity index (χ3n) is 5.74. The summed E-state index contributed by atoms with van der Waals surface area (Å²) in [5.41, 5.74) is 4.68. The number of aliphatic hydroxyl groups is 1. The van der Waals surface area contributed by atoms with Gasteiger partial charge >= 0.3 is 0 Å². The molecule has 1 N–H and O–H groups in total. The Hall–Kier alpha value is -2.04. The lowest BCUT2D eigenvalue weighted by molar-refractivity contribution is 0.122. The molecule has 0 spiro atoms. The minimum atomic E-state index is -0.468. The number of hydrogen-bond donors (Lipinski definition) is 1. The van der Waals surface area contributed by atoms with E-state index in [1.807, 2.05) is 0 Å². The average Bonchev–Trinajstić information content (AvgIpc) is 2.76. The molecule has 0 amide bonds. The molecule has 144 valence electrons. The van der Waals surface area contributed by atoms with E-state index >= 15 is 0 Å². The lowest BCUT2D eigenvalue weighted by atomic mass is 10.0. The van der Waals surface area contributed by atoms with Crippen LogP contribution in [0.3, 0.4) is 0 Å². The van der Waals surface area contributed by atoms with Gasteiger partial charge in [0.1, 0.15) is 0 Å². The Morgan fingerprint density at radius 3 is 1.93 bits per heavy atom. The highest BCUT2D eigenvalue weighted by molar-refractivity contribution is 5.49. The van der Waals surface area contributed by atoms with Crippen LogP contribution >= 0.6 is 0 Å². The van der Waals surface area contributed by atoms with Crippen LogP contribution in [0.2, 0.25) is 0 Å². The van der Waals surface area contributed by atoms with Gasteiger partial charge in [0.25, 0.3) is 0 Å². The number of morpholine rings is 1. The SMILES string of the molecule is OC(Cc1ccc(N2CCCCC2)cc1)c1ccc(N2CCOCC2)cc1. The molecule has 0 aromatic heterocycles. The number of aliphatic hydroxyl groups excluding tert-OH is 1. The van der Waals surface area contributed by atoms with E-state index in [9.17, 15) is 5.11 Å². The van der Waals surface area contributed by atoms with E-state index in [4.69, 9.17) is 4.74 Å². The molecule has 2 aromatic rings. The van der Waals surface area contributed by atoms with Gasteiger partial charge in [0.2, 0.25) is 0 Å². The predicted octanol–water partition coefficient (Wildman–Crippen LogP) is 3.79.